The summed E-state index contributed by atoms with van der Waals surface area (Å²) in [5.41, 5.74) is 2.82. The number of aromatic nitrogens is 2. The van der Waals surface area contributed by atoms with Gasteiger partial charge in [-0.15, -0.1) is 11.8 Å². The van der Waals surface area contributed by atoms with E-state index in [1.807, 2.05) is 25.1 Å². The number of halogens is 1. The van der Waals surface area contributed by atoms with Crippen LogP contribution in [-0.4, -0.2) is 29.1 Å². The Bertz CT molecular complexity index is 754. The van der Waals surface area contributed by atoms with Crippen LogP contribution in [0.15, 0.2) is 29.3 Å². The maximum atomic E-state index is 11.8. The quantitative estimate of drug-likeness (QED) is 0.905. The van der Waals surface area contributed by atoms with Gasteiger partial charge in [-0.2, -0.15) is 0 Å². The highest BCUT2D eigenvalue weighted by molar-refractivity contribution is 7.99. The Hall–Kier alpha value is -1.63. The summed E-state index contributed by atoms with van der Waals surface area (Å²) in [4.78, 5) is 21.7. The summed E-state index contributed by atoms with van der Waals surface area (Å²) in [6, 6.07) is 5.77. The second-order valence-electron chi connectivity index (χ2n) is 5.08. The summed E-state index contributed by atoms with van der Waals surface area (Å²) >= 11 is 7.87. The molecule has 7 heteroatoms. The van der Waals surface area contributed by atoms with Crippen LogP contribution in [0.4, 0.5) is 5.95 Å². The van der Waals surface area contributed by atoms with E-state index in [-0.39, 0.29) is 23.7 Å². The molecule has 1 atom stereocenters. The van der Waals surface area contributed by atoms with Crippen LogP contribution in [0.3, 0.4) is 0 Å². The van der Waals surface area contributed by atoms with Crippen molar-refractivity contribution in [1.82, 2.24) is 9.97 Å². The summed E-state index contributed by atoms with van der Waals surface area (Å²) in [6.45, 7) is 4.42. The van der Waals surface area contributed by atoms with Crippen molar-refractivity contribution >= 4 is 35.2 Å². The molecule has 2 heterocycles. The molecular formula is C16H16ClN3O2S. The zero-order chi connectivity index (χ0) is 16.4. The number of thioether (sulfide) groups is 1. The van der Waals surface area contributed by atoms with E-state index in [0.717, 1.165) is 21.7 Å². The minimum absolute atomic E-state index is 0.00832. The van der Waals surface area contributed by atoms with Crippen LogP contribution in [0, 0.1) is 0 Å². The molecule has 0 spiro atoms. The van der Waals surface area contributed by atoms with Crippen LogP contribution in [0.5, 0.6) is 0 Å². The highest BCUT2D eigenvalue weighted by Crippen LogP contribution is 2.48. The van der Waals surface area contributed by atoms with Crippen molar-refractivity contribution in [1.29, 1.82) is 0 Å². The van der Waals surface area contributed by atoms with Gasteiger partial charge in [0.1, 0.15) is 6.61 Å². The molecule has 1 aromatic carbocycles. The lowest BCUT2D eigenvalue weighted by molar-refractivity contribution is -0.120. The standard InChI is InChI=1S/C16H16ClN3O2S/c1-3-22-8-14(21)19-16-18-7-12-9(2)23-13-5-4-10(17)6-11(13)15(12)20-16/h4-7,9H,3,8H2,1-2H3,(H,18,19,20,21). The molecule has 23 heavy (non-hydrogen) atoms. The van der Waals surface area contributed by atoms with Gasteiger partial charge in [-0.1, -0.05) is 11.6 Å². The van der Waals surface area contributed by atoms with E-state index in [2.05, 4.69) is 22.2 Å². The maximum Gasteiger partial charge on any atom is 0.252 e. The Kier molecular flexibility index (Phi) is 4.84. The Morgan fingerprint density at radius 2 is 2.30 bits per heavy atom. The molecule has 0 bridgehead atoms. The van der Waals surface area contributed by atoms with Gasteiger partial charge in [-0.3, -0.25) is 10.1 Å². The summed E-state index contributed by atoms with van der Waals surface area (Å²) in [6.07, 6.45) is 1.76. The van der Waals surface area contributed by atoms with E-state index in [0.29, 0.717) is 11.6 Å². The lowest BCUT2D eigenvalue weighted by Gasteiger charge is -2.23. The number of amides is 1. The number of hydrogen-bond donors (Lipinski definition) is 1. The Balaban J connectivity index is 1.94. The fraction of sp³-hybridized carbons (Fsp3) is 0.312. The first-order valence-electron chi connectivity index (χ1n) is 7.29. The molecule has 5 nitrogen and oxygen atoms in total. The van der Waals surface area contributed by atoms with Crippen molar-refractivity contribution in [2.45, 2.75) is 24.0 Å². The van der Waals surface area contributed by atoms with E-state index in [1.165, 1.54) is 0 Å². The van der Waals surface area contributed by atoms with Crippen LogP contribution >= 0.6 is 23.4 Å². The van der Waals surface area contributed by atoms with Crippen LogP contribution in [0.25, 0.3) is 11.3 Å². The summed E-state index contributed by atoms with van der Waals surface area (Å²) in [5.74, 6) is 0.00910. The molecule has 3 rings (SSSR count). The number of rotatable bonds is 4. The second kappa shape index (κ2) is 6.86. The highest BCUT2D eigenvalue weighted by Gasteiger charge is 2.25. The molecule has 0 saturated carbocycles. The van der Waals surface area contributed by atoms with Gasteiger partial charge in [-0.05, 0) is 32.0 Å². The largest absolute Gasteiger partial charge is 0.372 e. The van der Waals surface area contributed by atoms with Crippen LogP contribution in [0.1, 0.15) is 24.7 Å². The summed E-state index contributed by atoms with van der Waals surface area (Å²) in [5, 5.41) is 3.56. The predicted molar refractivity (Wildman–Crippen MR) is 91.9 cm³/mol. The van der Waals surface area contributed by atoms with Gasteiger partial charge < -0.3 is 4.74 Å². The number of nitrogens with one attached hydrogen (secondary N) is 1. The molecular weight excluding hydrogens is 334 g/mol. The monoisotopic (exact) mass is 349 g/mol. The van der Waals surface area contributed by atoms with Crippen molar-refractivity contribution in [3.8, 4) is 11.3 Å². The third-order valence-corrected chi connectivity index (χ3v) is 4.90. The minimum Gasteiger partial charge on any atom is -0.372 e. The topological polar surface area (TPSA) is 64.1 Å². The predicted octanol–water partition coefficient (Wildman–Crippen LogP) is 3.94. The normalized spacial score (nSPS) is 15.7. The van der Waals surface area contributed by atoms with E-state index >= 15 is 0 Å². The first kappa shape index (κ1) is 16.2. The molecule has 1 amide bonds. The number of anilines is 1. The van der Waals surface area contributed by atoms with Crippen molar-refractivity contribution in [2.75, 3.05) is 18.5 Å². The molecule has 1 unspecified atom stereocenters. The lowest BCUT2D eigenvalue weighted by atomic mass is 10.0. The number of carbonyl (C=O) groups excluding carboxylic acids is 1. The van der Waals surface area contributed by atoms with Gasteiger partial charge in [0, 0.05) is 39.1 Å². The summed E-state index contributed by atoms with van der Waals surface area (Å²) < 4.78 is 5.08. The van der Waals surface area contributed by atoms with Crippen LogP contribution < -0.4 is 5.32 Å². The summed E-state index contributed by atoms with van der Waals surface area (Å²) in [7, 11) is 0. The Morgan fingerprint density at radius 3 is 3.09 bits per heavy atom. The third kappa shape index (κ3) is 3.49. The van der Waals surface area contributed by atoms with Crippen LogP contribution in [0.2, 0.25) is 5.02 Å². The van der Waals surface area contributed by atoms with Gasteiger partial charge in [0.05, 0.1) is 5.69 Å². The van der Waals surface area contributed by atoms with E-state index in [4.69, 9.17) is 16.3 Å². The average molecular weight is 350 g/mol. The van der Waals surface area contributed by atoms with E-state index < -0.39 is 0 Å². The highest BCUT2D eigenvalue weighted by atomic mass is 35.5. The van der Waals surface area contributed by atoms with Gasteiger partial charge in [0.15, 0.2) is 0 Å². The Labute approximate surface area is 143 Å². The second-order valence-corrected chi connectivity index (χ2v) is 6.90. The van der Waals surface area contributed by atoms with Gasteiger partial charge in [-0.25, -0.2) is 9.97 Å². The molecule has 1 aliphatic heterocycles. The smallest absolute Gasteiger partial charge is 0.252 e. The van der Waals surface area contributed by atoms with Crippen molar-refractivity contribution in [2.24, 2.45) is 0 Å². The zero-order valence-corrected chi connectivity index (χ0v) is 14.4. The number of hydrogen-bond acceptors (Lipinski definition) is 5. The molecule has 1 aromatic heterocycles. The molecule has 0 radical (unpaired) electrons. The first-order valence-corrected chi connectivity index (χ1v) is 8.55. The van der Waals surface area contributed by atoms with E-state index in [1.54, 1.807) is 18.0 Å². The number of carbonyl (C=O) groups is 1. The molecule has 2 aromatic rings. The van der Waals surface area contributed by atoms with Gasteiger partial charge in [0.2, 0.25) is 5.95 Å². The molecule has 0 aliphatic carbocycles. The molecule has 1 N–H and O–H groups in total. The van der Waals surface area contributed by atoms with Crippen molar-refractivity contribution < 1.29 is 9.53 Å². The minimum atomic E-state index is -0.267. The van der Waals surface area contributed by atoms with E-state index in [9.17, 15) is 4.79 Å². The molecule has 1 aliphatic rings. The van der Waals surface area contributed by atoms with Crippen molar-refractivity contribution in [3.05, 3.63) is 35.0 Å². The number of nitrogens with zero attached hydrogens (tertiary/aromatic N) is 2. The van der Waals surface area contributed by atoms with Gasteiger partial charge >= 0.3 is 0 Å². The fourth-order valence-corrected chi connectivity index (χ4v) is 3.65. The Morgan fingerprint density at radius 1 is 1.48 bits per heavy atom. The number of fused-ring (bicyclic) bond motifs is 3. The molecule has 120 valence electrons. The average Bonchev–Trinajstić information content (AvgIpc) is 2.54. The number of ether oxygens (including phenoxy) is 1. The zero-order valence-electron chi connectivity index (χ0n) is 12.8. The number of benzene rings is 1. The molecule has 0 fully saturated rings. The fourth-order valence-electron chi connectivity index (χ4n) is 2.36. The SMILES string of the molecule is CCOCC(=O)Nc1ncc2c(n1)-c1cc(Cl)ccc1SC2C. The molecule has 0 saturated heterocycles. The van der Waals surface area contributed by atoms with Crippen LogP contribution in [-0.2, 0) is 9.53 Å². The van der Waals surface area contributed by atoms with Gasteiger partial charge in [0.25, 0.3) is 5.91 Å². The van der Waals surface area contributed by atoms with Crippen molar-refractivity contribution in [3.63, 3.8) is 0 Å². The third-order valence-electron chi connectivity index (χ3n) is 3.44. The lowest BCUT2D eigenvalue weighted by Crippen LogP contribution is -2.20. The first-order chi connectivity index (χ1) is 11.1. The maximum absolute atomic E-state index is 11.8.